The van der Waals surface area contributed by atoms with Gasteiger partial charge in [0.1, 0.15) is 17.5 Å². The van der Waals surface area contributed by atoms with E-state index in [1.807, 2.05) is 68.6 Å². The van der Waals surface area contributed by atoms with E-state index in [4.69, 9.17) is 16.3 Å². The maximum absolute atomic E-state index is 13.2. The third kappa shape index (κ3) is 6.61. The van der Waals surface area contributed by atoms with Gasteiger partial charge in [-0.1, -0.05) is 48.0 Å². The first-order chi connectivity index (χ1) is 16.9. The van der Waals surface area contributed by atoms with Gasteiger partial charge in [0.25, 0.3) is 5.91 Å². The number of likely N-dealkylation sites (tertiary alicyclic amines) is 1. The number of carbonyl (C=O) groups is 2. The number of aromatic nitrogens is 1. The maximum Gasteiger partial charge on any atom is 0.272 e. The first-order valence-electron chi connectivity index (χ1n) is 11.8. The van der Waals surface area contributed by atoms with Gasteiger partial charge in [-0.05, 0) is 48.9 Å². The lowest BCUT2D eigenvalue weighted by molar-refractivity contribution is -0.132. The van der Waals surface area contributed by atoms with Crippen LogP contribution in [-0.4, -0.2) is 52.8 Å². The van der Waals surface area contributed by atoms with Gasteiger partial charge in [0.2, 0.25) is 5.91 Å². The molecule has 35 heavy (non-hydrogen) atoms. The van der Waals surface area contributed by atoms with Crippen LogP contribution in [0.2, 0.25) is 5.02 Å². The Balaban J connectivity index is 1.49. The standard InChI is InChI=1S/C28H30ClN3O3/c1-20-7-6-10-25(30-20)28(34)32-16-15-26(35-24-13-11-23(29)12-14-24)22(19-32)17-27(33)31(2)18-21-8-4-3-5-9-21/h3-14,22,26H,15-19H2,1-2H3/t22-,26-/m0/s1. The Morgan fingerprint density at radius 3 is 2.51 bits per heavy atom. The van der Waals surface area contributed by atoms with Crippen LogP contribution in [0.4, 0.5) is 0 Å². The van der Waals surface area contributed by atoms with Crippen molar-refractivity contribution in [3.63, 3.8) is 0 Å². The molecule has 0 N–H and O–H groups in total. The molecule has 0 spiro atoms. The molecule has 4 rings (SSSR count). The lowest BCUT2D eigenvalue weighted by Crippen LogP contribution is -2.49. The molecule has 0 unspecified atom stereocenters. The van der Waals surface area contributed by atoms with Crippen molar-refractivity contribution in [1.82, 2.24) is 14.8 Å². The largest absolute Gasteiger partial charge is 0.490 e. The van der Waals surface area contributed by atoms with Crippen LogP contribution in [-0.2, 0) is 11.3 Å². The van der Waals surface area contributed by atoms with E-state index in [1.165, 1.54) is 0 Å². The van der Waals surface area contributed by atoms with Gasteiger partial charge in [-0.15, -0.1) is 0 Å². The number of carbonyl (C=O) groups excluding carboxylic acids is 2. The van der Waals surface area contributed by atoms with Crippen LogP contribution in [0.5, 0.6) is 5.75 Å². The monoisotopic (exact) mass is 491 g/mol. The molecule has 0 radical (unpaired) electrons. The minimum Gasteiger partial charge on any atom is -0.490 e. The summed E-state index contributed by atoms with van der Waals surface area (Å²) in [5, 5.41) is 0.637. The molecule has 2 heterocycles. The number of aryl methyl sites for hydroxylation is 1. The fourth-order valence-corrected chi connectivity index (χ4v) is 4.51. The molecule has 1 fully saturated rings. The zero-order valence-electron chi connectivity index (χ0n) is 20.1. The van der Waals surface area contributed by atoms with Gasteiger partial charge in [-0.25, -0.2) is 4.98 Å². The van der Waals surface area contributed by atoms with Crippen LogP contribution in [0.3, 0.4) is 0 Å². The summed E-state index contributed by atoms with van der Waals surface area (Å²) >= 11 is 6.02. The van der Waals surface area contributed by atoms with Crippen molar-refractivity contribution < 1.29 is 14.3 Å². The molecule has 182 valence electrons. The van der Waals surface area contributed by atoms with Crippen molar-refractivity contribution in [2.75, 3.05) is 20.1 Å². The average Bonchev–Trinajstić information content (AvgIpc) is 2.86. The lowest BCUT2D eigenvalue weighted by atomic mass is 9.90. The molecular weight excluding hydrogens is 462 g/mol. The zero-order valence-corrected chi connectivity index (χ0v) is 20.8. The number of rotatable bonds is 7. The molecule has 1 aliphatic heterocycles. The molecule has 2 atom stereocenters. The van der Waals surface area contributed by atoms with E-state index in [0.29, 0.717) is 42.5 Å². The predicted octanol–water partition coefficient (Wildman–Crippen LogP) is 5.00. The number of nitrogens with zero attached hydrogens (tertiary/aromatic N) is 3. The van der Waals surface area contributed by atoms with E-state index >= 15 is 0 Å². The molecule has 0 aliphatic carbocycles. The maximum atomic E-state index is 13.2. The highest BCUT2D eigenvalue weighted by atomic mass is 35.5. The normalized spacial score (nSPS) is 17.6. The molecule has 6 nitrogen and oxygen atoms in total. The summed E-state index contributed by atoms with van der Waals surface area (Å²) < 4.78 is 6.29. The summed E-state index contributed by atoms with van der Waals surface area (Å²) in [4.78, 5) is 34.3. The minimum atomic E-state index is -0.195. The first kappa shape index (κ1) is 24.7. The topological polar surface area (TPSA) is 62.7 Å². The van der Waals surface area contributed by atoms with Crippen LogP contribution in [0.25, 0.3) is 0 Å². The van der Waals surface area contributed by atoms with E-state index in [0.717, 1.165) is 11.3 Å². The smallest absolute Gasteiger partial charge is 0.272 e. The number of pyridine rings is 1. The van der Waals surface area contributed by atoms with E-state index in [2.05, 4.69) is 4.98 Å². The van der Waals surface area contributed by atoms with Crippen LogP contribution < -0.4 is 4.74 Å². The predicted molar refractivity (Wildman–Crippen MR) is 136 cm³/mol. The Bertz CT molecular complexity index is 1150. The Kier molecular flexibility index (Phi) is 8.03. The van der Waals surface area contributed by atoms with Crippen molar-refractivity contribution >= 4 is 23.4 Å². The molecule has 1 saturated heterocycles. The molecule has 2 aromatic carbocycles. The Morgan fingerprint density at radius 2 is 1.80 bits per heavy atom. The van der Waals surface area contributed by atoms with Crippen molar-refractivity contribution in [1.29, 1.82) is 0 Å². The van der Waals surface area contributed by atoms with Gasteiger partial charge in [0.05, 0.1) is 0 Å². The number of benzene rings is 2. The number of halogens is 1. The molecule has 1 aliphatic rings. The number of hydrogen-bond donors (Lipinski definition) is 0. The molecule has 2 amide bonds. The van der Waals surface area contributed by atoms with Crippen molar-refractivity contribution in [3.05, 3.63) is 94.8 Å². The van der Waals surface area contributed by atoms with E-state index in [1.54, 1.807) is 28.0 Å². The summed E-state index contributed by atoms with van der Waals surface area (Å²) in [6.45, 7) is 3.37. The number of ether oxygens (including phenoxy) is 1. The van der Waals surface area contributed by atoms with Crippen LogP contribution in [0, 0.1) is 12.8 Å². The highest BCUT2D eigenvalue weighted by Gasteiger charge is 2.35. The van der Waals surface area contributed by atoms with Gasteiger partial charge in [0.15, 0.2) is 0 Å². The lowest BCUT2D eigenvalue weighted by Gasteiger charge is -2.38. The fraction of sp³-hybridized carbons (Fsp3) is 0.321. The number of amides is 2. The van der Waals surface area contributed by atoms with Crippen molar-refractivity contribution in [2.45, 2.75) is 32.4 Å². The highest BCUT2D eigenvalue weighted by Crippen LogP contribution is 2.28. The second-order valence-electron chi connectivity index (χ2n) is 9.01. The second-order valence-corrected chi connectivity index (χ2v) is 9.45. The van der Waals surface area contributed by atoms with Crippen LogP contribution >= 0.6 is 11.6 Å². The zero-order chi connectivity index (χ0) is 24.8. The second kappa shape index (κ2) is 11.4. The van der Waals surface area contributed by atoms with E-state index < -0.39 is 0 Å². The SMILES string of the molecule is Cc1cccc(C(=O)N2CC[C@H](Oc3ccc(Cl)cc3)[C@@H](CC(=O)N(C)Cc3ccccc3)C2)n1. The molecule has 0 bridgehead atoms. The van der Waals surface area contributed by atoms with Gasteiger partial charge in [-0.3, -0.25) is 9.59 Å². The summed E-state index contributed by atoms with van der Waals surface area (Å²) in [6.07, 6.45) is 0.715. The summed E-state index contributed by atoms with van der Waals surface area (Å²) in [5.41, 5.74) is 2.29. The van der Waals surface area contributed by atoms with Crippen molar-refractivity contribution in [3.8, 4) is 5.75 Å². The first-order valence-corrected chi connectivity index (χ1v) is 12.2. The Hall–Kier alpha value is -3.38. The molecule has 1 aromatic heterocycles. The summed E-state index contributed by atoms with van der Waals surface area (Å²) in [5.74, 6) is 0.453. The van der Waals surface area contributed by atoms with E-state index in [9.17, 15) is 9.59 Å². The van der Waals surface area contributed by atoms with E-state index in [-0.39, 0.29) is 30.3 Å². The van der Waals surface area contributed by atoms with Crippen LogP contribution in [0.15, 0.2) is 72.8 Å². The average molecular weight is 492 g/mol. The summed E-state index contributed by atoms with van der Waals surface area (Å²) in [7, 11) is 1.81. The third-order valence-electron chi connectivity index (χ3n) is 6.29. The van der Waals surface area contributed by atoms with Crippen molar-refractivity contribution in [2.24, 2.45) is 5.92 Å². The quantitative estimate of drug-likeness (QED) is 0.466. The highest BCUT2D eigenvalue weighted by molar-refractivity contribution is 6.30. The van der Waals surface area contributed by atoms with Gasteiger partial charge < -0.3 is 14.5 Å². The van der Waals surface area contributed by atoms with Gasteiger partial charge in [-0.2, -0.15) is 0 Å². The molecule has 0 saturated carbocycles. The van der Waals surface area contributed by atoms with Crippen LogP contribution in [0.1, 0.15) is 34.6 Å². The number of hydrogen-bond acceptors (Lipinski definition) is 4. The molecular formula is C28H30ClN3O3. The van der Waals surface area contributed by atoms with Gasteiger partial charge >= 0.3 is 0 Å². The third-order valence-corrected chi connectivity index (χ3v) is 6.54. The number of piperidine rings is 1. The fourth-order valence-electron chi connectivity index (χ4n) is 4.38. The summed E-state index contributed by atoms with van der Waals surface area (Å²) in [6, 6.07) is 22.6. The minimum absolute atomic E-state index is 0.0199. The molecule has 7 heteroatoms. The van der Waals surface area contributed by atoms with Gasteiger partial charge in [0, 0.05) is 56.2 Å². The Morgan fingerprint density at radius 1 is 1.06 bits per heavy atom. The molecule has 3 aromatic rings. The Labute approximate surface area is 211 Å².